The lowest BCUT2D eigenvalue weighted by atomic mass is 10.1. The van der Waals surface area contributed by atoms with Gasteiger partial charge in [0.25, 0.3) is 10.1 Å². The molecule has 0 saturated heterocycles. The van der Waals surface area contributed by atoms with Crippen LogP contribution in [0.1, 0.15) is 31.4 Å². The van der Waals surface area contributed by atoms with Crippen LogP contribution in [0.2, 0.25) is 0 Å². The standard InChI is InChI=1S/C13H21NO3S/c1-12(13-8-4-3-5-9-13)14(2)10-6-7-11-18(15,16)17/h3-5,8-9,12H,6-7,10-11H2,1-2H3,(H,15,16,17)/t12-/m1/s1. The third-order valence-electron chi connectivity index (χ3n) is 3.11. The number of hydrogen-bond donors (Lipinski definition) is 1. The molecule has 0 heterocycles. The summed E-state index contributed by atoms with van der Waals surface area (Å²) in [4.78, 5) is 2.18. The quantitative estimate of drug-likeness (QED) is 0.611. The second kappa shape index (κ2) is 6.87. The summed E-state index contributed by atoms with van der Waals surface area (Å²) in [5.74, 6) is -0.152. The van der Waals surface area contributed by atoms with Crippen molar-refractivity contribution in [1.82, 2.24) is 4.90 Å². The van der Waals surface area contributed by atoms with Crippen molar-refractivity contribution in [2.24, 2.45) is 0 Å². The Labute approximate surface area is 109 Å². The van der Waals surface area contributed by atoms with E-state index in [2.05, 4.69) is 24.0 Å². The van der Waals surface area contributed by atoms with Crippen LogP contribution in [0.3, 0.4) is 0 Å². The van der Waals surface area contributed by atoms with Crippen molar-refractivity contribution < 1.29 is 13.0 Å². The molecule has 0 fully saturated rings. The monoisotopic (exact) mass is 271 g/mol. The minimum atomic E-state index is -3.81. The lowest BCUT2D eigenvalue weighted by Gasteiger charge is -2.24. The van der Waals surface area contributed by atoms with Crippen LogP contribution in [0.4, 0.5) is 0 Å². The summed E-state index contributed by atoms with van der Waals surface area (Å²) in [5, 5.41) is 0. The molecule has 18 heavy (non-hydrogen) atoms. The van der Waals surface area contributed by atoms with Crippen LogP contribution in [0.25, 0.3) is 0 Å². The van der Waals surface area contributed by atoms with Crippen LogP contribution in [0.5, 0.6) is 0 Å². The van der Waals surface area contributed by atoms with Crippen molar-refractivity contribution >= 4 is 10.1 Å². The van der Waals surface area contributed by atoms with E-state index in [1.54, 1.807) is 0 Å². The van der Waals surface area contributed by atoms with E-state index in [1.165, 1.54) is 5.56 Å². The Hall–Kier alpha value is -0.910. The van der Waals surface area contributed by atoms with E-state index in [-0.39, 0.29) is 5.75 Å². The molecule has 0 amide bonds. The molecule has 0 radical (unpaired) electrons. The maximum atomic E-state index is 10.6. The number of nitrogens with zero attached hydrogens (tertiary/aromatic N) is 1. The van der Waals surface area contributed by atoms with Gasteiger partial charge < -0.3 is 0 Å². The minimum absolute atomic E-state index is 0.152. The molecule has 1 aromatic rings. The molecular formula is C13H21NO3S. The van der Waals surface area contributed by atoms with Gasteiger partial charge >= 0.3 is 0 Å². The van der Waals surface area contributed by atoms with Gasteiger partial charge in [0.1, 0.15) is 0 Å². The van der Waals surface area contributed by atoms with Gasteiger partial charge in [-0.15, -0.1) is 0 Å². The summed E-state index contributed by atoms with van der Waals surface area (Å²) in [6.45, 7) is 2.93. The molecule has 4 nitrogen and oxygen atoms in total. The molecule has 0 bridgehead atoms. The predicted octanol–water partition coefficient (Wildman–Crippen LogP) is 2.35. The van der Waals surface area contributed by atoms with Crippen molar-refractivity contribution in [3.05, 3.63) is 35.9 Å². The average molecular weight is 271 g/mol. The van der Waals surface area contributed by atoms with E-state index >= 15 is 0 Å². The fourth-order valence-corrected chi connectivity index (χ4v) is 2.39. The Bertz CT molecular complexity index is 445. The largest absolute Gasteiger partial charge is 0.300 e. The Balaban J connectivity index is 2.35. The van der Waals surface area contributed by atoms with Gasteiger partial charge in [0, 0.05) is 6.04 Å². The molecule has 0 unspecified atom stereocenters. The van der Waals surface area contributed by atoms with Gasteiger partial charge in [-0.05, 0) is 38.9 Å². The van der Waals surface area contributed by atoms with Crippen LogP contribution >= 0.6 is 0 Å². The topological polar surface area (TPSA) is 57.6 Å². The first-order valence-corrected chi connectivity index (χ1v) is 7.71. The van der Waals surface area contributed by atoms with Gasteiger partial charge in [0.15, 0.2) is 0 Å². The zero-order chi connectivity index (χ0) is 13.6. The smallest absolute Gasteiger partial charge is 0.264 e. The van der Waals surface area contributed by atoms with Gasteiger partial charge in [-0.1, -0.05) is 30.3 Å². The Morgan fingerprint density at radius 2 is 1.83 bits per heavy atom. The summed E-state index contributed by atoms with van der Waals surface area (Å²) in [6, 6.07) is 10.5. The van der Waals surface area contributed by atoms with Gasteiger partial charge in [-0.2, -0.15) is 8.42 Å². The molecule has 0 spiro atoms. The summed E-state index contributed by atoms with van der Waals surface area (Å²) < 4.78 is 29.8. The number of unbranched alkanes of at least 4 members (excludes halogenated alkanes) is 1. The van der Waals surface area contributed by atoms with Crippen molar-refractivity contribution in [3.63, 3.8) is 0 Å². The van der Waals surface area contributed by atoms with E-state index in [1.807, 2.05) is 25.2 Å². The minimum Gasteiger partial charge on any atom is -0.300 e. The van der Waals surface area contributed by atoms with Crippen LogP contribution in [0.15, 0.2) is 30.3 Å². The van der Waals surface area contributed by atoms with E-state index < -0.39 is 10.1 Å². The molecule has 0 aromatic heterocycles. The normalized spacial score (nSPS) is 13.8. The molecule has 0 aliphatic carbocycles. The third kappa shape index (κ3) is 5.62. The highest BCUT2D eigenvalue weighted by Crippen LogP contribution is 2.18. The summed E-state index contributed by atoms with van der Waals surface area (Å²) in [5.41, 5.74) is 1.25. The van der Waals surface area contributed by atoms with Crippen molar-refractivity contribution in [1.29, 1.82) is 0 Å². The number of rotatable bonds is 7. The molecule has 0 saturated carbocycles. The highest BCUT2D eigenvalue weighted by molar-refractivity contribution is 7.85. The molecule has 102 valence electrons. The van der Waals surface area contributed by atoms with Gasteiger partial charge in [0.2, 0.25) is 0 Å². The zero-order valence-electron chi connectivity index (χ0n) is 10.9. The SMILES string of the molecule is C[C@H](c1ccccc1)N(C)CCCCS(=O)(=O)O. The average Bonchev–Trinajstić information content (AvgIpc) is 2.33. The zero-order valence-corrected chi connectivity index (χ0v) is 11.7. The molecular weight excluding hydrogens is 250 g/mol. The second-order valence-corrected chi connectivity index (χ2v) is 6.13. The van der Waals surface area contributed by atoms with Crippen LogP contribution in [-0.2, 0) is 10.1 Å². The summed E-state index contributed by atoms with van der Waals surface area (Å²) in [6.07, 6.45) is 1.25. The Morgan fingerprint density at radius 1 is 1.22 bits per heavy atom. The van der Waals surface area contributed by atoms with Crippen LogP contribution in [0, 0.1) is 0 Å². The van der Waals surface area contributed by atoms with E-state index in [9.17, 15) is 8.42 Å². The fourth-order valence-electron chi connectivity index (χ4n) is 1.83. The van der Waals surface area contributed by atoms with Gasteiger partial charge in [-0.3, -0.25) is 9.45 Å². The molecule has 1 atom stereocenters. The first kappa shape index (κ1) is 15.1. The summed E-state index contributed by atoms with van der Waals surface area (Å²) >= 11 is 0. The van der Waals surface area contributed by atoms with Gasteiger partial charge in [0.05, 0.1) is 5.75 Å². The molecule has 0 aliphatic heterocycles. The van der Waals surface area contributed by atoms with Crippen molar-refractivity contribution in [3.8, 4) is 0 Å². The molecule has 1 aromatic carbocycles. The fraction of sp³-hybridized carbons (Fsp3) is 0.538. The van der Waals surface area contributed by atoms with Crippen LogP contribution in [-0.4, -0.2) is 37.2 Å². The lowest BCUT2D eigenvalue weighted by molar-refractivity contribution is 0.257. The molecule has 1 rings (SSSR count). The highest BCUT2D eigenvalue weighted by Gasteiger charge is 2.11. The van der Waals surface area contributed by atoms with E-state index in [0.29, 0.717) is 12.5 Å². The van der Waals surface area contributed by atoms with Gasteiger partial charge in [-0.25, -0.2) is 0 Å². The van der Waals surface area contributed by atoms with E-state index in [4.69, 9.17) is 4.55 Å². The maximum Gasteiger partial charge on any atom is 0.264 e. The first-order valence-electron chi connectivity index (χ1n) is 6.10. The molecule has 0 aliphatic rings. The lowest BCUT2D eigenvalue weighted by Crippen LogP contribution is -2.24. The highest BCUT2D eigenvalue weighted by atomic mass is 32.2. The maximum absolute atomic E-state index is 10.6. The van der Waals surface area contributed by atoms with Crippen LogP contribution < -0.4 is 0 Å². The predicted molar refractivity (Wildman–Crippen MR) is 73.1 cm³/mol. The van der Waals surface area contributed by atoms with Crippen molar-refractivity contribution in [2.75, 3.05) is 19.3 Å². The Morgan fingerprint density at radius 3 is 2.39 bits per heavy atom. The summed E-state index contributed by atoms with van der Waals surface area (Å²) in [7, 11) is -1.79. The molecule has 1 N–H and O–H groups in total. The molecule has 5 heteroatoms. The number of benzene rings is 1. The second-order valence-electron chi connectivity index (χ2n) is 4.56. The van der Waals surface area contributed by atoms with E-state index in [0.717, 1.165) is 13.0 Å². The third-order valence-corrected chi connectivity index (χ3v) is 3.91. The Kier molecular flexibility index (Phi) is 5.78. The van der Waals surface area contributed by atoms with Crippen molar-refractivity contribution in [2.45, 2.75) is 25.8 Å². The number of hydrogen-bond acceptors (Lipinski definition) is 3. The first-order chi connectivity index (χ1) is 8.40.